The van der Waals surface area contributed by atoms with Crippen molar-refractivity contribution in [3.05, 3.63) is 51.7 Å². The highest BCUT2D eigenvalue weighted by molar-refractivity contribution is 7.09. The lowest BCUT2D eigenvalue weighted by Gasteiger charge is -2.16. The third-order valence-electron chi connectivity index (χ3n) is 4.18. The van der Waals surface area contributed by atoms with E-state index in [1.165, 1.54) is 23.5 Å². The van der Waals surface area contributed by atoms with E-state index in [1.54, 1.807) is 17.5 Å². The molecule has 3 rings (SSSR count). The Labute approximate surface area is 142 Å². The third-order valence-corrected chi connectivity index (χ3v) is 5.03. The fourth-order valence-corrected chi connectivity index (χ4v) is 3.80. The van der Waals surface area contributed by atoms with E-state index in [1.807, 2.05) is 0 Å². The van der Waals surface area contributed by atoms with Crippen LogP contribution < -0.4 is 5.32 Å². The number of aromatic nitrogens is 1. The third kappa shape index (κ3) is 3.79. The zero-order chi connectivity index (χ0) is 17.1. The second-order valence-electron chi connectivity index (χ2n) is 5.89. The lowest BCUT2D eigenvalue weighted by atomic mass is 10.0. The van der Waals surface area contributed by atoms with Crippen molar-refractivity contribution in [2.45, 2.75) is 31.7 Å². The molecule has 1 saturated carbocycles. The van der Waals surface area contributed by atoms with Crippen molar-refractivity contribution in [2.24, 2.45) is 5.92 Å². The Hall–Kier alpha value is -2.28. The molecule has 0 aliphatic heterocycles. The molecular weight excluding hydrogens is 331 g/mol. The number of carbonyl (C=O) groups is 2. The summed E-state index contributed by atoms with van der Waals surface area (Å²) in [5.74, 6) is -2.06. The van der Waals surface area contributed by atoms with Crippen LogP contribution in [0.1, 0.15) is 40.3 Å². The molecule has 1 aliphatic rings. The van der Waals surface area contributed by atoms with Gasteiger partial charge in [-0.2, -0.15) is 0 Å². The molecule has 0 radical (unpaired) electrons. The summed E-state index contributed by atoms with van der Waals surface area (Å²) in [6.45, 7) is 0. The number of carboxylic acid groups (broad SMARTS) is 1. The summed E-state index contributed by atoms with van der Waals surface area (Å²) in [7, 11) is 0. The molecule has 1 aromatic carbocycles. The van der Waals surface area contributed by atoms with E-state index in [-0.39, 0.29) is 23.5 Å². The van der Waals surface area contributed by atoms with Crippen molar-refractivity contribution in [3.8, 4) is 0 Å². The van der Waals surface area contributed by atoms with Crippen LogP contribution in [0, 0.1) is 11.7 Å². The number of hydrogen-bond acceptors (Lipinski definition) is 4. The van der Waals surface area contributed by atoms with E-state index in [9.17, 15) is 14.0 Å². The standard InChI is InChI=1S/C17H17FN2O3S/c18-11-4-1-3-10(7-11)8-15-19-14(9-24-15)16(21)20-13-6-2-5-12(13)17(22)23/h1,3-4,7,9,12-13H,2,5-6,8H2,(H,20,21)(H,22,23)/t12-,13+/m1/s1. The minimum absolute atomic E-state index is 0.280. The molecule has 2 N–H and O–H groups in total. The SMILES string of the molecule is O=C(N[C@H]1CCC[C@H]1C(=O)O)c1csc(Cc2cccc(F)c2)n1. The Balaban J connectivity index is 1.64. The first-order valence-electron chi connectivity index (χ1n) is 7.75. The fourth-order valence-electron chi connectivity index (χ4n) is 2.99. The van der Waals surface area contributed by atoms with Gasteiger partial charge < -0.3 is 10.4 Å². The predicted molar refractivity (Wildman–Crippen MR) is 87.6 cm³/mol. The second-order valence-corrected chi connectivity index (χ2v) is 6.83. The lowest BCUT2D eigenvalue weighted by Crippen LogP contribution is -2.40. The molecule has 1 aliphatic carbocycles. The Bertz CT molecular complexity index is 762. The minimum atomic E-state index is -0.872. The van der Waals surface area contributed by atoms with Crippen LogP contribution in [0.3, 0.4) is 0 Å². The number of carboxylic acids is 1. The van der Waals surface area contributed by atoms with Crippen molar-refractivity contribution < 1.29 is 19.1 Å². The van der Waals surface area contributed by atoms with Gasteiger partial charge in [0.15, 0.2) is 0 Å². The molecule has 1 amide bonds. The van der Waals surface area contributed by atoms with Crippen LogP contribution in [0.2, 0.25) is 0 Å². The van der Waals surface area contributed by atoms with Gasteiger partial charge in [0, 0.05) is 17.8 Å². The zero-order valence-electron chi connectivity index (χ0n) is 12.9. The molecule has 2 aromatic rings. The number of hydrogen-bond donors (Lipinski definition) is 2. The van der Waals surface area contributed by atoms with Crippen molar-refractivity contribution in [2.75, 3.05) is 0 Å². The summed E-state index contributed by atoms with van der Waals surface area (Å²) in [6, 6.07) is 5.92. The van der Waals surface area contributed by atoms with Crippen molar-refractivity contribution >= 4 is 23.2 Å². The van der Waals surface area contributed by atoms with E-state index in [4.69, 9.17) is 5.11 Å². The largest absolute Gasteiger partial charge is 0.481 e. The summed E-state index contributed by atoms with van der Waals surface area (Å²) in [5, 5.41) is 14.3. The minimum Gasteiger partial charge on any atom is -0.481 e. The first kappa shape index (κ1) is 16.6. The number of nitrogens with zero attached hydrogens (tertiary/aromatic N) is 1. The first-order chi connectivity index (χ1) is 11.5. The number of halogens is 1. The maximum Gasteiger partial charge on any atom is 0.308 e. The number of aliphatic carboxylic acids is 1. The summed E-state index contributed by atoms with van der Waals surface area (Å²) >= 11 is 1.33. The maximum absolute atomic E-state index is 13.2. The van der Waals surface area contributed by atoms with Gasteiger partial charge in [-0.3, -0.25) is 9.59 Å². The molecule has 0 unspecified atom stereocenters. The molecule has 0 saturated heterocycles. The maximum atomic E-state index is 13.2. The van der Waals surface area contributed by atoms with E-state index >= 15 is 0 Å². The monoisotopic (exact) mass is 348 g/mol. The van der Waals surface area contributed by atoms with Crippen molar-refractivity contribution in [3.63, 3.8) is 0 Å². The summed E-state index contributed by atoms with van der Waals surface area (Å²) < 4.78 is 13.2. The van der Waals surface area contributed by atoms with Crippen molar-refractivity contribution in [1.82, 2.24) is 10.3 Å². The second kappa shape index (κ2) is 7.09. The Morgan fingerprint density at radius 1 is 1.38 bits per heavy atom. The van der Waals surface area contributed by atoms with Crippen LogP contribution in [-0.2, 0) is 11.2 Å². The van der Waals surface area contributed by atoms with Gasteiger partial charge in [-0.1, -0.05) is 18.6 Å². The number of carbonyl (C=O) groups excluding carboxylic acids is 1. The highest BCUT2D eigenvalue weighted by atomic mass is 32.1. The van der Waals surface area contributed by atoms with E-state index in [2.05, 4.69) is 10.3 Å². The Morgan fingerprint density at radius 2 is 2.21 bits per heavy atom. The van der Waals surface area contributed by atoms with Gasteiger partial charge in [0.2, 0.25) is 0 Å². The topological polar surface area (TPSA) is 79.3 Å². The van der Waals surface area contributed by atoms with Gasteiger partial charge in [-0.15, -0.1) is 11.3 Å². The Morgan fingerprint density at radius 3 is 2.96 bits per heavy atom. The summed E-state index contributed by atoms with van der Waals surface area (Å²) in [5.41, 5.74) is 1.07. The predicted octanol–water partition coefficient (Wildman–Crippen LogP) is 2.86. The molecule has 126 valence electrons. The van der Waals surface area contributed by atoms with E-state index in [0.717, 1.165) is 12.0 Å². The van der Waals surface area contributed by atoms with Crippen molar-refractivity contribution in [1.29, 1.82) is 0 Å². The molecular formula is C17H17FN2O3S. The van der Waals surface area contributed by atoms with Gasteiger partial charge in [0.05, 0.1) is 10.9 Å². The highest BCUT2D eigenvalue weighted by Gasteiger charge is 2.34. The van der Waals surface area contributed by atoms with Crippen LogP contribution in [-0.4, -0.2) is 28.0 Å². The van der Waals surface area contributed by atoms with Gasteiger partial charge in [-0.25, -0.2) is 9.37 Å². The molecule has 24 heavy (non-hydrogen) atoms. The molecule has 1 heterocycles. The number of amides is 1. The summed E-state index contributed by atoms with van der Waals surface area (Å²) in [6.07, 6.45) is 2.51. The molecule has 2 atom stereocenters. The quantitative estimate of drug-likeness (QED) is 0.871. The Kier molecular flexibility index (Phi) is 4.89. The van der Waals surface area contributed by atoms with Crippen LogP contribution in [0.15, 0.2) is 29.6 Å². The number of nitrogens with one attached hydrogen (secondary N) is 1. The number of thiazole rings is 1. The molecule has 0 bridgehead atoms. The molecule has 1 aromatic heterocycles. The molecule has 7 heteroatoms. The van der Waals surface area contributed by atoms with Crippen LogP contribution in [0.4, 0.5) is 4.39 Å². The average molecular weight is 348 g/mol. The van der Waals surface area contributed by atoms with Gasteiger partial charge in [0.25, 0.3) is 5.91 Å². The molecule has 0 spiro atoms. The van der Waals surface area contributed by atoms with E-state index < -0.39 is 11.9 Å². The summed E-state index contributed by atoms with van der Waals surface area (Å²) in [4.78, 5) is 27.7. The number of benzene rings is 1. The fraction of sp³-hybridized carbons (Fsp3) is 0.353. The smallest absolute Gasteiger partial charge is 0.308 e. The van der Waals surface area contributed by atoms with Crippen LogP contribution in [0.25, 0.3) is 0 Å². The molecule has 1 fully saturated rings. The van der Waals surface area contributed by atoms with Crippen LogP contribution in [0.5, 0.6) is 0 Å². The average Bonchev–Trinajstić information content (AvgIpc) is 3.16. The van der Waals surface area contributed by atoms with Gasteiger partial charge in [-0.05, 0) is 30.5 Å². The van der Waals surface area contributed by atoms with Gasteiger partial charge >= 0.3 is 5.97 Å². The lowest BCUT2D eigenvalue weighted by molar-refractivity contribution is -0.142. The van der Waals surface area contributed by atoms with Gasteiger partial charge in [0.1, 0.15) is 11.5 Å². The molecule has 5 nitrogen and oxygen atoms in total. The van der Waals surface area contributed by atoms with Crippen LogP contribution >= 0.6 is 11.3 Å². The normalized spacial score (nSPS) is 20.0. The number of rotatable bonds is 5. The van der Waals surface area contributed by atoms with E-state index in [0.29, 0.717) is 24.3 Å². The first-order valence-corrected chi connectivity index (χ1v) is 8.63. The highest BCUT2D eigenvalue weighted by Crippen LogP contribution is 2.26. The zero-order valence-corrected chi connectivity index (χ0v) is 13.7.